The second kappa shape index (κ2) is 5.75. The third-order valence-corrected chi connectivity index (χ3v) is 3.47. The van der Waals surface area contributed by atoms with Gasteiger partial charge in [-0.2, -0.15) is 9.50 Å². The highest BCUT2D eigenvalue weighted by Gasteiger charge is 2.09. The monoisotopic (exact) mass is 299 g/mol. The SMILES string of the molecule is Cc1cc(NCCn2ccnc2C(C)C)n2nc(C)nc2n1. The highest BCUT2D eigenvalue weighted by atomic mass is 15.4. The molecule has 0 saturated carbocycles. The number of nitrogens with one attached hydrogen (secondary N) is 1. The van der Waals surface area contributed by atoms with E-state index in [1.165, 1.54) is 0 Å². The van der Waals surface area contributed by atoms with E-state index in [2.05, 4.69) is 43.8 Å². The molecule has 0 atom stereocenters. The second-order valence-corrected chi connectivity index (χ2v) is 5.71. The van der Waals surface area contributed by atoms with Gasteiger partial charge in [-0.1, -0.05) is 13.8 Å². The zero-order chi connectivity index (χ0) is 15.7. The van der Waals surface area contributed by atoms with Crippen LogP contribution in [0.1, 0.15) is 37.1 Å². The lowest BCUT2D eigenvalue weighted by Gasteiger charge is -2.12. The van der Waals surface area contributed by atoms with E-state index in [0.29, 0.717) is 11.7 Å². The number of hydrogen-bond donors (Lipinski definition) is 1. The quantitative estimate of drug-likeness (QED) is 0.781. The summed E-state index contributed by atoms with van der Waals surface area (Å²) in [5.41, 5.74) is 0.924. The molecule has 0 radical (unpaired) electrons. The number of rotatable bonds is 5. The zero-order valence-corrected chi connectivity index (χ0v) is 13.4. The number of fused-ring (bicyclic) bond motifs is 1. The van der Waals surface area contributed by atoms with E-state index < -0.39 is 0 Å². The summed E-state index contributed by atoms with van der Waals surface area (Å²) >= 11 is 0. The molecule has 0 unspecified atom stereocenters. The first kappa shape index (κ1) is 14.5. The number of imidazole rings is 1. The molecule has 1 N–H and O–H groups in total. The van der Waals surface area contributed by atoms with Gasteiger partial charge >= 0.3 is 0 Å². The Kier molecular flexibility index (Phi) is 3.79. The lowest BCUT2D eigenvalue weighted by Crippen LogP contribution is -2.15. The van der Waals surface area contributed by atoms with Crippen LogP contribution in [0.5, 0.6) is 0 Å². The van der Waals surface area contributed by atoms with E-state index in [0.717, 1.165) is 36.3 Å². The zero-order valence-electron chi connectivity index (χ0n) is 13.4. The van der Waals surface area contributed by atoms with Gasteiger partial charge in [0.2, 0.25) is 0 Å². The van der Waals surface area contributed by atoms with Gasteiger partial charge in [0.15, 0.2) is 0 Å². The minimum atomic E-state index is 0.419. The number of aromatic nitrogens is 6. The first-order valence-corrected chi connectivity index (χ1v) is 7.50. The molecule has 3 aromatic rings. The van der Waals surface area contributed by atoms with Crippen LogP contribution in [0.3, 0.4) is 0 Å². The van der Waals surface area contributed by atoms with E-state index in [-0.39, 0.29) is 0 Å². The molecular weight excluding hydrogens is 278 g/mol. The fourth-order valence-electron chi connectivity index (χ4n) is 2.53. The molecule has 0 spiro atoms. The Hall–Kier alpha value is -2.44. The standard InChI is InChI=1S/C15H21N7/c1-10(2)14-17-6-8-21(14)7-5-16-13-9-11(3)18-15-19-12(4)20-22(13)15/h6,8-10,16H,5,7H2,1-4H3. The van der Waals surface area contributed by atoms with E-state index in [1.54, 1.807) is 4.52 Å². The fourth-order valence-corrected chi connectivity index (χ4v) is 2.53. The van der Waals surface area contributed by atoms with E-state index in [4.69, 9.17) is 0 Å². The Morgan fingerprint density at radius 3 is 2.82 bits per heavy atom. The maximum atomic E-state index is 4.41. The summed E-state index contributed by atoms with van der Waals surface area (Å²) in [5, 5.41) is 7.80. The largest absolute Gasteiger partial charge is 0.368 e. The molecule has 0 aromatic carbocycles. The lowest BCUT2D eigenvalue weighted by atomic mass is 10.2. The van der Waals surface area contributed by atoms with Crippen molar-refractivity contribution in [2.45, 2.75) is 40.2 Å². The topological polar surface area (TPSA) is 72.9 Å². The summed E-state index contributed by atoms with van der Waals surface area (Å²) in [6.45, 7) is 9.77. The Bertz CT molecular complexity index is 784. The number of anilines is 1. The first-order chi connectivity index (χ1) is 10.5. The van der Waals surface area contributed by atoms with Crippen molar-refractivity contribution in [1.29, 1.82) is 0 Å². The molecule has 0 aliphatic heterocycles. The second-order valence-electron chi connectivity index (χ2n) is 5.71. The van der Waals surface area contributed by atoms with E-state index in [1.807, 2.05) is 32.3 Å². The van der Waals surface area contributed by atoms with Gasteiger partial charge in [-0.05, 0) is 13.8 Å². The van der Waals surface area contributed by atoms with Crippen LogP contribution in [0.25, 0.3) is 5.78 Å². The average molecular weight is 299 g/mol. The van der Waals surface area contributed by atoms with Crippen molar-refractivity contribution in [2.75, 3.05) is 11.9 Å². The van der Waals surface area contributed by atoms with Crippen LogP contribution in [0.2, 0.25) is 0 Å². The van der Waals surface area contributed by atoms with Gasteiger partial charge in [-0.3, -0.25) is 0 Å². The van der Waals surface area contributed by atoms with Crippen LogP contribution < -0.4 is 5.32 Å². The van der Waals surface area contributed by atoms with Crippen molar-refractivity contribution in [3.8, 4) is 0 Å². The first-order valence-electron chi connectivity index (χ1n) is 7.50. The van der Waals surface area contributed by atoms with Crippen LogP contribution in [-0.2, 0) is 6.54 Å². The summed E-state index contributed by atoms with van der Waals surface area (Å²) in [6, 6.07) is 1.98. The summed E-state index contributed by atoms with van der Waals surface area (Å²) < 4.78 is 3.93. The number of aryl methyl sites for hydroxylation is 2. The molecule has 7 nitrogen and oxygen atoms in total. The highest BCUT2D eigenvalue weighted by Crippen LogP contribution is 2.13. The molecular formula is C15H21N7. The van der Waals surface area contributed by atoms with Gasteiger partial charge in [0.1, 0.15) is 17.5 Å². The summed E-state index contributed by atoms with van der Waals surface area (Å²) in [5.74, 6) is 3.79. The van der Waals surface area contributed by atoms with Crippen molar-refractivity contribution in [3.05, 3.63) is 35.8 Å². The van der Waals surface area contributed by atoms with Gasteiger partial charge < -0.3 is 9.88 Å². The van der Waals surface area contributed by atoms with E-state index in [9.17, 15) is 0 Å². The molecule has 0 amide bonds. The van der Waals surface area contributed by atoms with Crippen molar-refractivity contribution < 1.29 is 0 Å². The molecule has 0 bridgehead atoms. The van der Waals surface area contributed by atoms with Crippen LogP contribution in [0, 0.1) is 13.8 Å². The van der Waals surface area contributed by atoms with Gasteiger partial charge in [0.05, 0.1) is 0 Å². The molecule has 0 fully saturated rings. The third kappa shape index (κ3) is 2.79. The summed E-state index contributed by atoms with van der Waals surface area (Å²) in [4.78, 5) is 13.1. The molecule has 0 aliphatic rings. The van der Waals surface area contributed by atoms with Gasteiger partial charge in [-0.15, -0.1) is 5.10 Å². The molecule has 0 aliphatic carbocycles. The maximum absolute atomic E-state index is 4.41. The van der Waals surface area contributed by atoms with Crippen molar-refractivity contribution >= 4 is 11.6 Å². The molecule has 3 rings (SSSR count). The lowest BCUT2D eigenvalue weighted by molar-refractivity contribution is 0.635. The van der Waals surface area contributed by atoms with Crippen LogP contribution in [0.15, 0.2) is 18.5 Å². The number of hydrogen-bond acceptors (Lipinski definition) is 5. The minimum absolute atomic E-state index is 0.419. The smallest absolute Gasteiger partial charge is 0.254 e. The molecule has 7 heteroatoms. The van der Waals surface area contributed by atoms with Crippen molar-refractivity contribution in [2.24, 2.45) is 0 Å². The highest BCUT2D eigenvalue weighted by molar-refractivity contribution is 5.45. The minimum Gasteiger partial charge on any atom is -0.368 e. The average Bonchev–Trinajstić information content (AvgIpc) is 3.04. The Labute approximate surface area is 129 Å². The van der Waals surface area contributed by atoms with Gasteiger partial charge in [0, 0.05) is 43.2 Å². The van der Waals surface area contributed by atoms with Crippen LogP contribution >= 0.6 is 0 Å². The molecule has 0 saturated heterocycles. The predicted molar refractivity (Wildman–Crippen MR) is 85.1 cm³/mol. The van der Waals surface area contributed by atoms with Crippen molar-refractivity contribution in [1.82, 2.24) is 29.1 Å². The Morgan fingerprint density at radius 2 is 2.05 bits per heavy atom. The normalized spacial score (nSPS) is 11.5. The Balaban J connectivity index is 1.75. The molecule has 22 heavy (non-hydrogen) atoms. The van der Waals surface area contributed by atoms with E-state index >= 15 is 0 Å². The summed E-state index contributed by atoms with van der Waals surface area (Å²) in [6.07, 6.45) is 3.87. The fraction of sp³-hybridized carbons (Fsp3) is 0.467. The Morgan fingerprint density at radius 1 is 1.23 bits per heavy atom. The molecule has 116 valence electrons. The summed E-state index contributed by atoms with van der Waals surface area (Å²) in [7, 11) is 0. The van der Waals surface area contributed by atoms with Crippen molar-refractivity contribution in [3.63, 3.8) is 0 Å². The molecule has 3 aromatic heterocycles. The van der Waals surface area contributed by atoms with Gasteiger partial charge in [0.25, 0.3) is 5.78 Å². The van der Waals surface area contributed by atoms with Gasteiger partial charge in [-0.25, -0.2) is 9.97 Å². The maximum Gasteiger partial charge on any atom is 0.254 e. The third-order valence-electron chi connectivity index (χ3n) is 3.47. The van der Waals surface area contributed by atoms with Crippen LogP contribution in [0.4, 0.5) is 5.82 Å². The molecule has 3 heterocycles. The number of nitrogens with zero attached hydrogens (tertiary/aromatic N) is 6. The van der Waals surface area contributed by atoms with Crippen LogP contribution in [-0.4, -0.2) is 35.7 Å². The predicted octanol–water partition coefficient (Wildman–Crippen LogP) is 2.17.